The van der Waals surface area contributed by atoms with Crippen molar-refractivity contribution in [2.75, 3.05) is 26.7 Å². The molecule has 1 N–H and O–H groups in total. The molecule has 0 aliphatic carbocycles. The minimum atomic E-state index is -0.00981. The van der Waals surface area contributed by atoms with Gasteiger partial charge in [0, 0.05) is 19.3 Å². The van der Waals surface area contributed by atoms with Gasteiger partial charge in [0.2, 0.25) is 0 Å². The van der Waals surface area contributed by atoms with Crippen LogP contribution in [-0.4, -0.2) is 47.3 Å². The molecule has 0 saturated carbocycles. The number of hydrogen-bond donors (Lipinski definition) is 1. The summed E-state index contributed by atoms with van der Waals surface area (Å²) in [7, 11) is 1.94. The van der Waals surface area contributed by atoms with Crippen LogP contribution in [0.4, 0.5) is 0 Å². The molecule has 22 heavy (non-hydrogen) atoms. The SMILES string of the molecule is CNC[C@@H]1CCN(C(=O)c2ccn(-c3ccccc3Cl)n2)C1. The fraction of sp³-hybridized carbons (Fsp3) is 0.375. The van der Waals surface area contributed by atoms with Gasteiger partial charge in [0.15, 0.2) is 5.69 Å². The smallest absolute Gasteiger partial charge is 0.274 e. The van der Waals surface area contributed by atoms with Crippen molar-refractivity contribution in [3.05, 3.63) is 47.2 Å². The number of rotatable bonds is 4. The van der Waals surface area contributed by atoms with Crippen molar-refractivity contribution in [3.63, 3.8) is 0 Å². The number of carbonyl (C=O) groups is 1. The van der Waals surface area contributed by atoms with Gasteiger partial charge in [-0.15, -0.1) is 0 Å². The van der Waals surface area contributed by atoms with Gasteiger partial charge in [0.1, 0.15) is 0 Å². The van der Waals surface area contributed by atoms with Crippen LogP contribution in [0.5, 0.6) is 0 Å². The first-order valence-corrected chi connectivity index (χ1v) is 7.81. The average Bonchev–Trinajstić information content (AvgIpc) is 3.17. The van der Waals surface area contributed by atoms with Crippen LogP contribution in [0.1, 0.15) is 16.9 Å². The van der Waals surface area contributed by atoms with E-state index in [1.54, 1.807) is 16.9 Å². The van der Waals surface area contributed by atoms with E-state index in [0.717, 1.165) is 31.7 Å². The van der Waals surface area contributed by atoms with Crippen molar-refractivity contribution in [2.24, 2.45) is 5.92 Å². The van der Waals surface area contributed by atoms with Gasteiger partial charge in [-0.3, -0.25) is 4.79 Å². The predicted octanol–water partition coefficient (Wildman–Crippen LogP) is 2.21. The van der Waals surface area contributed by atoms with Crippen LogP contribution in [-0.2, 0) is 0 Å². The minimum absolute atomic E-state index is 0.00981. The van der Waals surface area contributed by atoms with Crippen LogP contribution in [0.25, 0.3) is 5.69 Å². The van der Waals surface area contributed by atoms with Crippen molar-refractivity contribution >= 4 is 17.5 Å². The summed E-state index contributed by atoms with van der Waals surface area (Å²) in [6.07, 6.45) is 2.81. The van der Waals surface area contributed by atoms with E-state index in [1.165, 1.54) is 0 Å². The second kappa shape index (κ2) is 6.50. The Balaban J connectivity index is 1.74. The molecule has 1 aliphatic rings. The Bertz CT molecular complexity index is 670. The van der Waals surface area contributed by atoms with Crippen molar-refractivity contribution in [1.82, 2.24) is 20.0 Å². The maximum absolute atomic E-state index is 12.5. The summed E-state index contributed by atoms with van der Waals surface area (Å²) in [6.45, 7) is 2.53. The first-order valence-electron chi connectivity index (χ1n) is 7.43. The Morgan fingerprint density at radius 1 is 1.41 bits per heavy atom. The summed E-state index contributed by atoms with van der Waals surface area (Å²) in [5.41, 5.74) is 1.24. The standard InChI is InChI=1S/C16H19ClN4O/c1-18-10-12-6-8-20(11-12)16(22)14-7-9-21(19-14)15-5-3-2-4-13(15)17/h2-5,7,9,12,18H,6,8,10-11H2,1H3/t12-/m0/s1. The van der Waals surface area contributed by atoms with Gasteiger partial charge in [0.25, 0.3) is 5.91 Å². The average molecular weight is 319 g/mol. The molecular weight excluding hydrogens is 300 g/mol. The highest BCUT2D eigenvalue weighted by Crippen LogP contribution is 2.21. The number of carbonyl (C=O) groups excluding carboxylic acids is 1. The number of nitrogens with one attached hydrogen (secondary N) is 1. The Kier molecular flexibility index (Phi) is 4.45. The molecule has 3 rings (SSSR count). The molecule has 1 amide bonds. The number of halogens is 1. The molecule has 5 nitrogen and oxygen atoms in total. The summed E-state index contributed by atoms with van der Waals surface area (Å²) >= 11 is 6.17. The molecule has 1 atom stereocenters. The molecule has 0 radical (unpaired) electrons. The minimum Gasteiger partial charge on any atom is -0.337 e. The predicted molar refractivity (Wildman–Crippen MR) is 86.5 cm³/mol. The lowest BCUT2D eigenvalue weighted by Crippen LogP contribution is -2.30. The van der Waals surface area contributed by atoms with Crippen LogP contribution in [0.15, 0.2) is 36.5 Å². The fourth-order valence-corrected chi connectivity index (χ4v) is 3.07. The molecule has 0 bridgehead atoms. The molecule has 1 aromatic heterocycles. The topological polar surface area (TPSA) is 50.2 Å². The van der Waals surface area contributed by atoms with Gasteiger partial charge < -0.3 is 10.2 Å². The lowest BCUT2D eigenvalue weighted by Gasteiger charge is -2.15. The largest absolute Gasteiger partial charge is 0.337 e. The number of benzene rings is 1. The molecule has 0 unspecified atom stereocenters. The number of hydrogen-bond acceptors (Lipinski definition) is 3. The number of amides is 1. The number of para-hydroxylation sites is 1. The maximum atomic E-state index is 12.5. The Hall–Kier alpha value is -1.85. The highest BCUT2D eigenvalue weighted by atomic mass is 35.5. The molecule has 1 aromatic carbocycles. The summed E-state index contributed by atoms with van der Waals surface area (Å²) < 4.78 is 1.65. The van der Waals surface area contributed by atoms with Gasteiger partial charge in [-0.1, -0.05) is 23.7 Å². The van der Waals surface area contributed by atoms with Gasteiger partial charge in [-0.05, 0) is 44.1 Å². The van der Waals surface area contributed by atoms with E-state index in [-0.39, 0.29) is 5.91 Å². The first-order chi connectivity index (χ1) is 10.7. The van der Waals surface area contributed by atoms with E-state index in [2.05, 4.69) is 10.4 Å². The number of aromatic nitrogens is 2. The second-order valence-electron chi connectivity index (χ2n) is 5.56. The fourth-order valence-electron chi connectivity index (χ4n) is 2.84. The van der Waals surface area contributed by atoms with E-state index in [0.29, 0.717) is 16.6 Å². The van der Waals surface area contributed by atoms with Crippen molar-refractivity contribution in [3.8, 4) is 5.69 Å². The quantitative estimate of drug-likeness (QED) is 0.940. The number of likely N-dealkylation sites (tertiary alicyclic amines) is 1. The van der Waals surface area contributed by atoms with Gasteiger partial charge in [0.05, 0.1) is 10.7 Å². The summed E-state index contributed by atoms with van der Waals surface area (Å²) in [5.74, 6) is 0.518. The zero-order valence-corrected chi connectivity index (χ0v) is 13.3. The molecule has 0 spiro atoms. The van der Waals surface area contributed by atoms with Crippen molar-refractivity contribution in [1.29, 1.82) is 0 Å². The number of nitrogens with zero attached hydrogens (tertiary/aromatic N) is 3. The van der Waals surface area contributed by atoms with Crippen LogP contribution in [0.2, 0.25) is 5.02 Å². The molecular formula is C16H19ClN4O. The molecule has 1 saturated heterocycles. The third-order valence-corrected chi connectivity index (χ3v) is 4.29. The Morgan fingerprint density at radius 2 is 2.23 bits per heavy atom. The van der Waals surface area contributed by atoms with Crippen LogP contribution < -0.4 is 5.32 Å². The first kappa shape index (κ1) is 15.1. The monoisotopic (exact) mass is 318 g/mol. The van der Waals surface area contributed by atoms with Crippen molar-refractivity contribution < 1.29 is 4.79 Å². The Labute approximate surface area is 134 Å². The molecule has 2 heterocycles. The summed E-state index contributed by atoms with van der Waals surface area (Å²) in [5, 5.41) is 8.16. The van der Waals surface area contributed by atoms with Gasteiger partial charge in [-0.25, -0.2) is 4.68 Å². The second-order valence-corrected chi connectivity index (χ2v) is 5.97. The van der Waals surface area contributed by atoms with Gasteiger partial charge >= 0.3 is 0 Å². The van der Waals surface area contributed by atoms with Crippen LogP contribution in [0, 0.1) is 5.92 Å². The van der Waals surface area contributed by atoms with Crippen molar-refractivity contribution in [2.45, 2.75) is 6.42 Å². The van der Waals surface area contributed by atoms with E-state index in [4.69, 9.17) is 11.6 Å². The highest BCUT2D eigenvalue weighted by molar-refractivity contribution is 6.32. The zero-order valence-electron chi connectivity index (χ0n) is 12.5. The summed E-state index contributed by atoms with van der Waals surface area (Å²) in [6, 6.07) is 9.20. The molecule has 1 fully saturated rings. The molecule has 1 aliphatic heterocycles. The van der Waals surface area contributed by atoms with E-state index in [1.807, 2.05) is 36.2 Å². The third-order valence-electron chi connectivity index (χ3n) is 3.97. The summed E-state index contributed by atoms with van der Waals surface area (Å²) in [4.78, 5) is 14.4. The van der Waals surface area contributed by atoms with Crippen LogP contribution in [0.3, 0.4) is 0 Å². The molecule has 116 valence electrons. The van der Waals surface area contributed by atoms with Crippen LogP contribution >= 0.6 is 11.6 Å². The third kappa shape index (κ3) is 3.00. The van der Waals surface area contributed by atoms with Gasteiger partial charge in [-0.2, -0.15) is 5.10 Å². The van der Waals surface area contributed by atoms with E-state index < -0.39 is 0 Å². The lowest BCUT2D eigenvalue weighted by molar-refractivity contribution is 0.0781. The lowest BCUT2D eigenvalue weighted by atomic mass is 10.1. The Morgan fingerprint density at radius 3 is 3.00 bits per heavy atom. The molecule has 2 aromatic rings. The normalized spacial score (nSPS) is 17.9. The van der Waals surface area contributed by atoms with E-state index in [9.17, 15) is 4.79 Å². The zero-order chi connectivity index (χ0) is 15.5. The molecule has 6 heteroatoms. The van der Waals surface area contributed by atoms with E-state index >= 15 is 0 Å². The highest BCUT2D eigenvalue weighted by Gasteiger charge is 2.27. The maximum Gasteiger partial charge on any atom is 0.274 e.